The molecule has 1 aliphatic carbocycles. The number of nitrogens with one attached hydrogen (secondary N) is 1. The zero-order chi connectivity index (χ0) is 9.14. The van der Waals surface area contributed by atoms with Gasteiger partial charge in [-0.25, -0.2) is 0 Å². The van der Waals surface area contributed by atoms with Crippen molar-refractivity contribution in [1.82, 2.24) is 5.43 Å². The number of nitrogens with two attached hydrogens (primary N) is 1. The van der Waals surface area contributed by atoms with Gasteiger partial charge in [0.25, 0.3) is 0 Å². The molecule has 66 valence electrons. The van der Waals surface area contributed by atoms with E-state index in [4.69, 9.17) is 5.73 Å². The van der Waals surface area contributed by atoms with E-state index in [1.54, 1.807) is 0 Å². The molecule has 0 aliphatic heterocycles. The average molecular weight is 183 g/mol. The van der Waals surface area contributed by atoms with Crippen LogP contribution in [-0.4, -0.2) is 10.8 Å². The van der Waals surface area contributed by atoms with Gasteiger partial charge in [0.15, 0.2) is 5.11 Å². The number of thiocarbonyl (C=S) groups is 1. The molecule has 0 bridgehead atoms. The first kappa shape index (κ1) is 9.19. The minimum Gasteiger partial charge on any atom is -0.375 e. The molecule has 0 fully saturated rings. The van der Waals surface area contributed by atoms with Crippen molar-refractivity contribution in [1.29, 1.82) is 0 Å². The van der Waals surface area contributed by atoms with Crippen LogP contribution in [0.25, 0.3) is 0 Å². The van der Waals surface area contributed by atoms with Crippen LogP contribution in [0, 0.1) is 5.92 Å². The van der Waals surface area contributed by atoms with Crippen molar-refractivity contribution >= 4 is 23.0 Å². The van der Waals surface area contributed by atoms with E-state index in [0.29, 0.717) is 5.92 Å². The molecular formula is C8H13N3S. The van der Waals surface area contributed by atoms with Gasteiger partial charge in [-0.05, 0) is 31.6 Å². The Kier molecular flexibility index (Phi) is 2.81. The normalized spacial score (nSPS) is 25.7. The second kappa shape index (κ2) is 3.67. The fourth-order valence-electron chi connectivity index (χ4n) is 1.30. The van der Waals surface area contributed by atoms with Gasteiger partial charge in [-0.2, -0.15) is 5.10 Å². The Bertz CT molecular complexity index is 255. The molecule has 3 N–H and O–H groups in total. The Hall–Kier alpha value is -0.900. The Labute approximate surface area is 77.7 Å². The van der Waals surface area contributed by atoms with Gasteiger partial charge in [0.1, 0.15) is 0 Å². The van der Waals surface area contributed by atoms with Crippen LogP contribution in [-0.2, 0) is 0 Å². The second-order valence-corrected chi connectivity index (χ2v) is 3.55. The van der Waals surface area contributed by atoms with Gasteiger partial charge in [-0.15, -0.1) is 0 Å². The lowest BCUT2D eigenvalue weighted by atomic mass is 10.1. The molecule has 1 aliphatic rings. The maximum atomic E-state index is 5.24. The number of hydrogen-bond donors (Lipinski definition) is 2. The summed E-state index contributed by atoms with van der Waals surface area (Å²) in [4.78, 5) is 0. The lowest BCUT2D eigenvalue weighted by Gasteiger charge is -2.02. The number of allylic oxidation sites excluding steroid dienone is 2. The van der Waals surface area contributed by atoms with Crippen LogP contribution in [0.3, 0.4) is 0 Å². The highest BCUT2D eigenvalue weighted by Crippen LogP contribution is 2.21. The second-order valence-electron chi connectivity index (χ2n) is 3.11. The monoisotopic (exact) mass is 183 g/mol. The molecule has 0 radical (unpaired) electrons. The highest BCUT2D eigenvalue weighted by molar-refractivity contribution is 7.80. The van der Waals surface area contributed by atoms with E-state index in [1.807, 2.05) is 0 Å². The maximum absolute atomic E-state index is 5.24. The molecule has 0 heterocycles. The smallest absolute Gasteiger partial charge is 0.184 e. The standard InChI is InChI=1S/C8H13N3S/c1-5-3-6(2)7(4-5)10-11-8(9)12/h4,6H,3H2,1-2H3,(H3,9,11,12)/b10-7-/t6-/m1/s1. The van der Waals surface area contributed by atoms with Gasteiger partial charge >= 0.3 is 0 Å². The summed E-state index contributed by atoms with van der Waals surface area (Å²) in [6.07, 6.45) is 3.15. The number of nitrogens with zero attached hydrogens (tertiary/aromatic N) is 1. The number of hydrazone groups is 1. The van der Waals surface area contributed by atoms with E-state index in [-0.39, 0.29) is 5.11 Å². The first-order chi connectivity index (χ1) is 5.59. The molecule has 0 spiro atoms. The van der Waals surface area contributed by atoms with Crippen molar-refractivity contribution in [2.24, 2.45) is 16.8 Å². The highest BCUT2D eigenvalue weighted by Gasteiger charge is 2.16. The van der Waals surface area contributed by atoms with E-state index in [0.717, 1.165) is 12.1 Å². The minimum atomic E-state index is 0.215. The predicted octanol–water partition coefficient (Wildman–Crippen LogP) is 1.16. The summed E-state index contributed by atoms with van der Waals surface area (Å²) in [5.74, 6) is 0.479. The largest absolute Gasteiger partial charge is 0.375 e. The molecule has 0 aromatic carbocycles. The van der Waals surface area contributed by atoms with Gasteiger partial charge < -0.3 is 5.73 Å². The van der Waals surface area contributed by atoms with Gasteiger partial charge in [-0.3, -0.25) is 5.43 Å². The third kappa shape index (κ3) is 2.30. The van der Waals surface area contributed by atoms with Crippen LogP contribution >= 0.6 is 12.2 Å². The van der Waals surface area contributed by atoms with E-state index in [9.17, 15) is 0 Å². The average Bonchev–Trinajstić information content (AvgIpc) is 2.26. The fraction of sp³-hybridized carbons (Fsp3) is 0.500. The van der Waals surface area contributed by atoms with Crippen molar-refractivity contribution in [3.8, 4) is 0 Å². The van der Waals surface area contributed by atoms with Crippen LogP contribution in [0.15, 0.2) is 16.8 Å². The van der Waals surface area contributed by atoms with Crippen molar-refractivity contribution in [3.05, 3.63) is 11.6 Å². The SMILES string of the molecule is CC1=C/C(=N/NC(N)=S)[C@H](C)C1. The Balaban J connectivity index is 2.62. The van der Waals surface area contributed by atoms with E-state index < -0.39 is 0 Å². The summed E-state index contributed by atoms with van der Waals surface area (Å²) in [5, 5.41) is 4.29. The summed E-state index contributed by atoms with van der Waals surface area (Å²) < 4.78 is 0. The number of hydrogen-bond acceptors (Lipinski definition) is 2. The van der Waals surface area contributed by atoms with Crippen molar-refractivity contribution in [2.45, 2.75) is 20.3 Å². The van der Waals surface area contributed by atoms with Crippen molar-refractivity contribution in [3.63, 3.8) is 0 Å². The molecule has 0 aromatic heterocycles. The van der Waals surface area contributed by atoms with Gasteiger partial charge in [-0.1, -0.05) is 12.5 Å². The molecule has 0 aromatic rings. The molecule has 0 amide bonds. The number of rotatable bonds is 1. The quantitative estimate of drug-likeness (QED) is 0.474. The molecule has 4 heteroatoms. The Morgan fingerprint density at radius 2 is 2.50 bits per heavy atom. The summed E-state index contributed by atoms with van der Waals surface area (Å²) in [7, 11) is 0. The minimum absolute atomic E-state index is 0.215. The van der Waals surface area contributed by atoms with Crippen molar-refractivity contribution < 1.29 is 0 Å². The third-order valence-corrected chi connectivity index (χ3v) is 1.91. The molecular weight excluding hydrogens is 170 g/mol. The summed E-state index contributed by atoms with van der Waals surface area (Å²) in [5.41, 5.74) is 10.2. The van der Waals surface area contributed by atoms with Crippen LogP contribution in [0.4, 0.5) is 0 Å². The summed E-state index contributed by atoms with van der Waals surface area (Å²) >= 11 is 4.64. The molecule has 1 rings (SSSR count). The van der Waals surface area contributed by atoms with Gasteiger partial charge in [0, 0.05) is 5.92 Å². The molecule has 0 saturated heterocycles. The fourth-order valence-corrected chi connectivity index (χ4v) is 1.35. The maximum Gasteiger partial charge on any atom is 0.184 e. The summed E-state index contributed by atoms with van der Waals surface area (Å²) in [6.45, 7) is 4.23. The lowest BCUT2D eigenvalue weighted by molar-refractivity contribution is 0.779. The molecule has 3 nitrogen and oxygen atoms in total. The van der Waals surface area contributed by atoms with E-state index in [2.05, 4.69) is 42.7 Å². The molecule has 12 heavy (non-hydrogen) atoms. The van der Waals surface area contributed by atoms with E-state index in [1.165, 1.54) is 5.57 Å². The van der Waals surface area contributed by atoms with Crippen LogP contribution in [0.2, 0.25) is 0 Å². The van der Waals surface area contributed by atoms with Gasteiger partial charge in [0.2, 0.25) is 0 Å². The van der Waals surface area contributed by atoms with Crippen LogP contribution in [0.5, 0.6) is 0 Å². The third-order valence-electron chi connectivity index (χ3n) is 1.82. The predicted molar refractivity (Wildman–Crippen MR) is 54.9 cm³/mol. The molecule has 0 saturated carbocycles. The topological polar surface area (TPSA) is 50.4 Å². The Morgan fingerprint density at radius 3 is 2.92 bits per heavy atom. The first-order valence-corrected chi connectivity index (χ1v) is 4.30. The molecule has 0 unspecified atom stereocenters. The first-order valence-electron chi connectivity index (χ1n) is 3.90. The lowest BCUT2D eigenvalue weighted by Crippen LogP contribution is -2.25. The van der Waals surface area contributed by atoms with Crippen LogP contribution in [0.1, 0.15) is 20.3 Å². The molecule has 1 atom stereocenters. The zero-order valence-corrected chi connectivity index (χ0v) is 8.11. The zero-order valence-electron chi connectivity index (χ0n) is 7.29. The van der Waals surface area contributed by atoms with Crippen molar-refractivity contribution in [2.75, 3.05) is 0 Å². The highest BCUT2D eigenvalue weighted by atomic mass is 32.1. The van der Waals surface area contributed by atoms with E-state index >= 15 is 0 Å². The van der Waals surface area contributed by atoms with Gasteiger partial charge in [0.05, 0.1) is 5.71 Å². The Morgan fingerprint density at radius 1 is 1.83 bits per heavy atom. The summed E-state index contributed by atoms with van der Waals surface area (Å²) in [6, 6.07) is 0. The van der Waals surface area contributed by atoms with Crippen LogP contribution < -0.4 is 11.2 Å².